The lowest BCUT2D eigenvalue weighted by Gasteiger charge is -2.38. The van der Waals surface area contributed by atoms with Crippen molar-refractivity contribution < 1.29 is 14.5 Å². The van der Waals surface area contributed by atoms with Crippen molar-refractivity contribution in [3.05, 3.63) is 34.4 Å². The van der Waals surface area contributed by atoms with Crippen LogP contribution in [0, 0.1) is 22.0 Å². The molecule has 0 bridgehead atoms. The number of nitrogens with zero attached hydrogens (tertiary/aromatic N) is 3. The molecule has 29 heavy (non-hydrogen) atoms. The largest absolute Gasteiger partial charge is 0.460 e. The quantitative estimate of drug-likeness (QED) is 0.422. The first kappa shape index (κ1) is 21.6. The number of carbonyl (C=O) groups excluding carboxylic acids is 1. The third-order valence-electron chi connectivity index (χ3n) is 5.88. The topological polar surface area (TPSA) is 75.9 Å². The minimum absolute atomic E-state index is 0.0365. The fourth-order valence-electron chi connectivity index (χ4n) is 4.26. The van der Waals surface area contributed by atoms with Gasteiger partial charge in [0.1, 0.15) is 5.60 Å². The molecule has 7 nitrogen and oxygen atoms in total. The molecule has 0 unspecified atom stereocenters. The number of nitro groups is 1. The SMILES string of the molecule is CC(C)(C)OC(=O)C1CCN(CC2CCN(c3ccc([N+](=O)[O-])cc3)CC2)CC1. The summed E-state index contributed by atoms with van der Waals surface area (Å²) in [6.07, 6.45) is 4.03. The highest BCUT2D eigenvalue weighted by Crippen LogP contribution is 2.27. The second kappa shape index (κ2) is 9.11. The Balaban J connectivity index is 1.40. The molecular weight excluding hydrogens is 370 g/mol. The standard InChI is InChI=1S/C22H33N3O4/c1-22(2,3)29-21(26)18-10-12-23(13-11-18)16-17-8-14-24(15-9-17)19-4-6-20(7-5-19)25(27)28/h4-7,17-18H,8-16H2,1-3H3. The summed E-state index contributed by atoms with van der Waals surface area (Å²) >= 11 is 0. The number of piperidine rings is 2. The number of benzene rings is 1. The molecule has 3 rings (SSSR count). The zero-order valence-corrected chi connectivity index (χ0v) is 17.8. The summed E-state index contributed by atoms with van der Waals surface area (Å²) in [5.41, 5.74) is 0.789. The second-order valence-corrected chi connectivity index (χ2v) is 9.31. The van der Waals surface area contributed by atoms with Crippen LogP contribution in [0.2, 0.25) is 0 Å². The summed E-state index contributed by atoms with van der Waals surface area (Å²) in [5, 5.41) is 10.8. The van der Waals surface area contributed by atoms with Crippen LogP contribution in [0.25, 0.3) is 0 Å². The predicted molar refractivity (Wildman–Crippen MR) is 113 cm³/mol. The molecule has 2 aliphatic heterocycles. The highest BCUT2D eigenvalue weighted by molar-refractivity contribution is 5.73. The van der Waals surface area contributed by atoms with Gasteiger partial charge < -0.3 is 14.5 Å². The Hall–Kier alpha value is -2.15. The van der Waals surface area contributed by atoms with E-state index < -0.39 is 5.60 Å². The Morgan fingerprint density at radius 1 is 1.07 bits per heavy atom. The second-order valence-electron chi connectivity index (χ2n) is 9.31. The summed E-state index contributed by atoms with van der Waals surface area (Å²) < 4.78 is 5.54. The number of hydrogen-bond donors (Lipinski definition) is 0. The predicted octanol–water partition coefficient (Wildman–Crippen LogP) is 3.86. The van der Waals surface area contributed by atoms with Crippen molar-refractivity contribution in [2.24, 2.45) is 11.8 Å². The van der Waals surface area contributed by atoms with E-state index in [-0.39, 0.29) is 22.5 Å². The van der Waals surface area contributed by atoms with Crippen LogP contribution in [-0.4, -0.2) is 54.1 Å². The molecule has 160 valence electrons. The third kappa shape index (κ3) is 6.16. The zero-order chi connectivity index (χ0) is 21.0. The van der Waals surface area contributed by atoms with Crippen molar-refractivity contribution in [1.82, 2.24) is 4.90 Å². The summed E-state index contributed by atoms with van der Waals surface area (Å²) in [5.74, 6) is 0.658. The van der Waals surface area contributed by atoms with Gasteiger partial charge in [0, 0.05) is 37.5 Å². The Morgan fingerprint density at radius 2 is 1.66 bits per heavy atom. The fourth-order valence-corrected chi connectivity index (χ4v) is 4.26. The lowest BCUT2D eigenvalue weighted by Crippen LogP contribution is -2.43. The highest BCUT2D eigenvalue weighted by atomic mass is 16.6. The first-order valence-electron chi connectivity index (χ1n) is 10.7. The van der Waals surface area contributed by atoms with Crippen molar-refractivity contribution in [1.29, 1.82) is 0 Å². The van der Waals surface area contributed by atoms with Crippen LogP contribution < -0.4 is 4.90 Å². The van der Waals surface area contributed by atoms with Crippen LogP contribution in [-0.2, 0) is 9.53 Å². The van der Waals surface area contributed by atoms with Gasteiger partial charge in [-0.25, -0.2) is 0 Å². The number of esters is 1. The van der Waals surface area contributed by atoms with E-state index in [2.05, 4.69) is 9.80 Å². The molecule has 2 aliphatic rings. The minimum atomic E-state index is -0.411. The lowest BCUT2D eigenvalue weighted by molar-refractivity contribution is -0.384. The van der Waals surface area contributed by atoms with E-state index in [0.717, 1.165) is 64.1 Å². The van der Waals surface area contributed by atoms with Crippen molar-refractivity contribution in [3.63, 3.8) is 0 Å². The number of ether oxygens (including phenoxy) is 1. The van der Waals surface area contributed by atoms with Crippen molar-refractivity contribution in [2.75, 3.05) is 37.6 Å². The summed E-state index contributed by atoms with van der Waals surface area (Å²) in [6.45, 7) is 10.7. The van der Waals surface area contributed by atoms with E-state index >= 15 is 0 Å². The number of hydrogen-bond acceptors (Lipinski definition) is 6. The molecule has 0 aliphatic carbocycles. The van der Waals surface area contributed by atoms with Gasteiger partial charge in [0.25, 0.3) is 5.69 Å². The summed E-state index contributed by atoms with van der Waals surface area (Å²) in [4.78, 5) is 27.5. The highest BCUT2D eigenvalue weighted by Gasteiger charge is 2.30. The van der Waals surface area contributed by atoms with E-state index in [4.69, 9.17) is 4.74 Å². The Kier molecular flexibility index (Phi) is 6.77. The first-order valence-corrected chi connectivity index (χ1v) is 10.7. The Morgan fingerprint density at radius 3 is 2.17 bits per heavy atom. The zero-order valence-electron chi connectivity index (χ0n) is 17.8. The fraction of sp³-hybridized carbons (Fsp3) is 0.682. The smallest absolute Gasteiger partial charge is 0.309 e. The molecule has 0 radical (unpaired) electrons. The summed E-state index contributed by atoms with van der Waals surface area (Å²) in [7, 11) is 0. The third-order valence-corrected chi connectivity index (χ3v) is 5.88. The molecule has 2 saturated heterocycles. The first-order chi connectivity index (χ1) is 13.7. The molecule has 0 N–H and O–H groups in total. The maximum atomic E-state index is 12.3. The van der Waals surface area contributed by atoms with Gasteiger partial charge >= 0.3 is 5.97 Å². The van der Waals surface area contributed by atoms with E-state index in [1.807, 2.05) is 32.9 Å². The van der Waals surface area contributed by atoms with Gasteiger partial charge in [0.2, 0.25) is 0 Å². The number of non-ortho nitro benzene ring substituents is 1. The minimum Gasteiger partial charge on any atom is -0.460 e. The molecule has 1 aromatic carbocycles. The van der Waals surface area contributed by atoms with Gasteiger partial charge in [-0.3, -0.25) is 14.9 Å². The molecule has 0 atom stereocenters. The summed E-state index contributed by atoms with van der Waals surface area (Å²) in [6, 6.07) is 6.85. The Bertz CT molecular complexity index is 698. The van der Waals surface area contributed by atoms with Crippen LogP contribution in [0.5, 0.6) is 0 Å². The average molecular weight is 404 g/mol. The molecule has 1 aromatic rings. The number of carbonyl (C=O) groups is 1. The molecule has 0 amide bonds. The van der Waals surface area contributed by atoms with Crippen molar-refractivity contribution >= 4 is 17.3 Å². The van der Waals surface area contributed by atoms with Crippen LogP contribution in [0.15, 0.2) is 24.3 Å². The molecular formula is C22H33N3O4. The lowest BCUT2D eigenvalue weighted by atomic mass is 9.92. The van der Waals surface area contributed by atoms with E-state index in [1.54, 1.807) is 12.1 Å². The molecule has 0 aromatic heterocycles. The monoisotopic (exact) mass is 403 g/mol. The van der Waals surface area contributed by atoms with Crippen LogP contribution in [0.1, 0.15) is 46.5 Å². The Labute approximate surface area is 173 Å². The number of rotatable bonds is 5. The van der Waals surface area contributed by atoms with Crippen molar-refractivity contribution in [2.45, 2.75) is 52.1 Å². The number of anilines is 1. The van der Waals surface area contributed by atoms with E-state index in [1.165, 1.54) is 0 Å². The van der Waals surface area contributed by atoms with Gasteiger partial charge in [-0.15, -0.1) is 0 Å². The van der Waals surface area contributed by atoms with Crippen LogP contribution in [0.3, 0.4) is 0 Å². The van der Waals surface area contributed by atoms with Crippen LogP contribution >= 0.6 is 0 Å². The number of nitro benzene ring substituents is 1. The molecule has 0 spiro atoms. The average Bonchev–Trinajstić information content (AvgIpc) is 2.68. The number of likely N-dealkylation sites (tertiary alicyclic amines) is 1. The van der Waals surface area contributed by atoms with Gasteiger partial charge in [0.15, 0.2) is 0 Å². The van der Waals surface area contributed by atoms with Gasteiger partial charge in [-0.05, 0) is 77.6 Å². The van der Waals surface area contributed by atoms with Gasteiger partial charge in [-0.2, -0.15) is 0 Å². The maximum absolute atomic E-state index is 12.3. The normalized spacial score (nSPS) is 19.9. The molecule has 7 heteroatoms. The van der Waals surface area contributed by atoms with Gasteiger partial charge in [0.05, 0.1) is 10.8 Å². The van der Waals surface area contributed by atoms with Gasteiger partial charge in [-0.1, -0.05) is 0 Å². The maximum Gasteiger partial charge on any atom is 0.309 e. The van der Waals surface area contributed by atoms with Crippen LogP contribution in [0.4, 0.5) is 11.4 Å². The molecule has 2 fully saturated rings. The molecule has 2 heterocycles. The van der Waals surface area contributed by atoms with Crippen molar-refractivity contribution in [3.8, 4) is 0 Å². The van der Waals surface area contributed by atoms with E-state index in [9.17, 15) is 14.9 Å². The van der Waals surface area contributed by atoms with E-state index in [0.29, 0.717) is 5.92 Å². The molecule has 0 saturated carbocycles.